The molecule has 4 nitrogen and oxygen atoms in total. The minimum Gasteiger partial charge on any atom is -0.308 e. The molecule has 1 atom stereocenters. The number of hydrogen-bond acceptors (Lipinski definition) is 3. The maximum Gasteiger partial charge on any atom is 0.104 e. The molecule has 0 saturated heterocycles. The minimum atomic E-state index is 0.0162. The van der Waals surface area contributed by atoms with Gasteiger partial charge in [0.25, 0.3) is 0 Å². The molecular weight excluding hydrogens is 212 g/mol. The Kier molecular flexibility index (Phi) is 2.99. The molecule has 0 fully saturated rings. The van der Waals surface area contributed by atoms with Crippen LogP contribution in [0.2, 0.25) is 5.02 Å². The lowest BCUT2D eigenvalue weighted by Gasteiger charge is -2.13. The third-order valence-electron chi connectivity index (χ3n) is 2.20. The van der Waals surface area contributed by atoms with Gasteiger partial charge in [-0.25, -0.2) is 0 Å². The molecule has 0 bridgehead atoms. The molecule has 0 aliphatic rings. The zero-order chi connectivity index (χ0) is 10.7. The van der Waals surface area contributed by atoms with E-state index in [4.69, 9.17) is 11.6 Å². The molecule has 0 saturated carbocycles. The Labute approximate surface area is 92.7 Å². The van der Waals surface area contributed by atoms with Gasteiger partial charge in [0.2, 0.25) is 0 Å². The average molecular weight is 223 g/mol. The summed E-state index contributed by atoms with van der Waals surface area (Å²) in [4.78, 5) is 0. The van der Waals surface area contributed by atoms with Crippen LogP contribution in [0.4, 0.5) is 0 Å². The largest absolute Gasteiger partial charge is 0.308 e. The zero-order valence-electron chi connectivity index (χ0n) is 8.24. The molecule has 2 aromatic rings. The van der Waals surface area contributed by atoms with E-state index in [2.05, 4.69) is 20.7 Å². The van der Waals surface area contributed by atoms with Crippen molar-refractivity contribution in [3.05, 3.63) is 46.7 Å². The quantitative estimate of drug-likeness (QED) is 0.832. The van der Waals surface area contributed by atoms with Crippen molar-refractivity contribution < 1.29 is 0 Å². The van der Waals surface area contributed by atoms with Crippen molar-refractivity contribution in [2.45, 2.75) is 6.04 Å². The van der Waals surface area contributed by atoms with Crippen LogP contribution in [-0.4, -0.2) is 22.5 Å². The van der Waals surface area contributed by atoms with Gasteiger partial charge in [-0.1, -0.05) is 23.7 Å². The highest BCUT2D eigenvalue weighted by Crippen LogP contribution is 2.21. The highest BCUT2D eigenvalue weighted by molar-refractivity contribution is 6.30. The molecule has 0 aliphatic heterocycles. The van der Waals surface area contributed by atoms with Gasteiger partial charge in [0.15, 0.2) is 0 Å². The third kappa shape index (κ3) is 2.16. The van der Waals surface area contributed by atoms with E-state index in [1.807, 2.05) is 31.3 Å². The molecule has 0 aliphatic carbocycles. The van der Waals surface area contributed by atoms with Gasteiger partial charge in [-0.2, -0.15) is 15.4 Å². The second kappa shape index (κ2) is 4.42. The van der Waals surface area contributed by atoms with Gasteiger partial charge in [0.1, 0.15) is 5.69 Å². The third-order valence-corrected chi connectivity index (χ3v) is 2.44. The van der Waals surface area contributed by atoms with Crippen LogP contribution in [0.25, 0.3) is 0 Å². The maximum absolute atomic E-state index is 5.94. The monoisotopic (exact) mass is 222 g/mol. The molecule has 1 heterocycles. The molecule has 1 aromatic carbocycles. The Balaban J connectivity index is 2.35. The van der Waals surface area contributed by atoms with E-state index < -0.39 is 0 Å². The molecule has 0 spiro atoms. The Morgan fingerprint density at radius 2 is 2.33 bits per heavy atom. The number of nitrogens with one attached hydrogen (secondary N) is 2. The number of benzene rings is 1. The SMILES string of the molecule is CNC(c1cccc(Cl)c1)c1cn[nH]n1. The van der Waals surface area contributed by atoms with E-state index in [-0.39, 0.29) is 6.04 Å². The standard InChI is InChI=1S/C10H11ClN4/c1-12-10(9-6-13-15-14-9)7-3-2-4-8(11)5-7/h2-6,10,12H,1H3,(H,13,14,15). The predicted molar refractivity (Wildman–Crippen MR) is 58.7 cm³/mol. The van der Waals surface area contributed by atoms with Crippen molar-refractivity contribution in [2.24, 2.45) is 0 Å². The van der Waals surface area contributed by atoms with Crippen molar-refractivity contribution >= 4 is 11.6 Å². The van der Waals surface area contributed by atoms with Crippen LogP contribution >= 0.6 is 11.6 Å². The van der Waals surface area contributed by atoms with Crippen LogP contribution in [0.1, 0.15) is 17.3 Å². The van der Waals surface area contributed by atoms with E-state index in [0.717, 1.165) is 16.3 Å². The van der Waals surface area contributed by atoms with Crippen LogP contribution in [0.3, 0.4) is 0 Å². The minimum absolute atomic E-state index is 0.0162. The normalized spacial score (nSPS) is 12.7. The summed E-state index contributed by atoms with van der Waals surface area (Å²) < 4.78 is 0. The second-order valence-corrected chi connectivity index (χ2v) is 3.61. The van der Waals surface area contributed by atoms with Crippen molar-refractivity contribution in [1.29, 1.82) is 0 Å². The Bertz CT molecular complexity index is 427. The zero-order valence-corrected chi connectivity index (χ0v) is 8.99. The average Bonchev–Trinajstić information content (AvgIpc) is 2.72. The first-order valence-electron chi connectivity index (χ1n) is 4.59. The molecule has 5 heteroatoms. The summed E-state index contributed by atoms with van der Waals surface area (Å²) in [5.74, 6) is 0. The molecular formula is C10H11ClN4. The Morgan fingerprint density at radius 1 is 1.47 bits per heavy atom. The van der Waals surface area contributed by atoms with Crippen LogP contribution in [0.15, 0.2) is 30.5 Å². The smallest absolute Gasteiger partial charge is 0.104 e. The summed E-state index contributed by atoms with van der Waals surface area (Å²) >= 11 is 5.94. The van der Waals surface area contributed by atoms with E-state index in [0.29, 0.717) is 0 Å². The van der Waals surface area contributed by atoms with Crippen LogP contribution in [0.5, 0.6) is 0 Å². The molecule has 1 aromatic heterocycles. The van der Waals surface area contributed by atoms with E-state index in [1.54, 1.807) is 6.20 Å². The topological polar surface area (TPSA) is 53.6 Å². The second-order valence-electron chi connectivity index (χ2n) is 3.17. The summed E-state index contributed by atoms with van der Waals surface area (Å²) in [6.45, 7) is 0. The molecule has 2 rings (SSSR count). The van der Waals surface area contributed by atoms with E-state index in [1.165, 1.54) is 0 Å². The lowest BCUT2D eigenvalue weighted by Crippen LogP contribution is -2.18. The summed E-state index contributed by atoms with van der Waals surface area (Å²) in [7, 11) is 1.88. The number of rotatable bonds is 3. The van der Waals surface area contributed by atoms with Gasteiger partial charge in [0, 0.05) is 5.02 Å². The van der Waals surface area contributed by atoms with Crippen molar-refractivity contribution in [2.75, 3.05) is 7.05 Å². The lowest BCUT2D eigenvalue weighted by molar-refractivity contribution is 0.667. The Morgan fingerprint density at radius 3 is 2.93 bits per heavy atom. The predicted octanol–water partition coefficient (Wildman–Crippen LogP) is 1.77. The van der Waals surface area contributed by atoms with Crippen molar-refractivity contribution in [3.8, 4) is 0 Å². The number of aromatic amines is 1. The van der Waals surface area contributed by atoms with E-state index in [9.17, 15) is 0 Å². The van der Waals surface area contributed by atoms with Gasteiger partial charge in [0.05, 0.1) is 12.2 Å². The first-order chi connectivity index (χ1) is 7.31. The molecule has 0 amide bonds. The molecule has 78 valence electrons. The maximum atomic E-state index is 5.94. The molecule has 0 radical (unpaired) electrons. The highest BCUT2D eigenvalue weighted by Gasteiger charge is 2.14. The lowest BCUT2D eigenvalue weighted by atomic mass is 10.0. The first-order valence-corrected chi connectivity index (χ1v) is 4.97. The van der Waals surface area contributed by atoms with E-state index >= 15 is 0 Å². The number of hydrogen-bond donors (Lipinski definition) is 2. The van der Waals surface area contributed by atoms with Crippen LogP contribution in [-0.2, 0) is 0 Å². The fraction of sp³-hybridized carbons (Fsp3) is 0.200. The van der Waals surface area contributed by atoms with Crippen molar-refractivity contribution in [1.82, 2.24) is 20.7 Å². The van der Waals surface area contributed by atoms with Gasteiger partial charge in [-0.15, -0.1) is 0 Å². The number of nitrogens with zero attached hydrogens (tertiary/aromatic N) is 2. The molecule has 1 unspecified atom stereocenters. The molecule has 2 N–H and O–H groups in total. The van der Waals surface area contributed by atoms with Gasteiger partial charge >= 0.3 is 0 Å². The number of halogens is 1. The summed E-state index contributed by atoms with van der Waals surface area (Å²) in [6, 6.07) is 7.70. The fourth-order valence-electron chi connectivity index (χ4n) is 1.52. The summed E-state index contributed by atoms with van der Waals surface area (Å²) in [5.41, 5.74) is 1.92. The summed E-state index contributed by atoms with van der Waals surface area (Å²) in [5, 5.41) is 14.3. The van der Waals surface area contributed by atoms with Gasteiger partial charge < -0.3 is 5.32 Å². The van der Waals surface area contributed by atoms with Gasteiger partial charge in [-0.3, -0.25) is 0 Å². The van der Waals surface area contributed by atoms with Gasteiger partial charge in [-0.05, 0) is 24.7 Å². The number of H-pyrrole nitrogens is 1. The first kappa shape index (κ1) is 10.1. The molecule has 15 heavy (non-hydrogen) atoms. The Hall–Kier alpha value is -1.39. The van der Waals surface area contributed by atoms with Crippen molar-refractivity contribution in [3.63, 3.8) is 0 Å². The highest BCUT2D eigenvalue weighted by atomic mass is 35.5. The summed E-state index contributed by atoms with van der Waals surface area (Å²) in [6.07, 6.45) is 1.70. The fourth-order valence-corrected chi connectivity index (χ4v) is 1.72. The van der Waals surface area contributed by atoms with Crippen LogP contribution in [0, 0.1) is 0 Å². The number of aromatic nitrogens is 3. The van der Waals surface area contributed by atoms with Crippen LogP contribution < -0.4 is 5.32 Å².